The molecule has 42 heavy (non-hydrogen) atoms. The van der Waals surface area contributed by atoms with Crippen LogP contribution in [0.25, 0.3) is 0 Å². The van der Waals surface area contributed by atoms with E-state index >= 15 is 0 Å². The van der Waals surface area contributed by atoms with Crippen molar-refractivity contribution in [1.29, 1.82) is 0 Å². The van der Waals surface area contributed by atoms with Gasteiger partial charge in [0, 0.05) is 12.6 Å². The van der Waals surface area contributed by atoms with Gasteiger partial charge in [-0.25, -0.2) is 8.42 Å². The van der Waals surface area contributed by atoms with Gasteiger partial charge in [-0.2, -0.15) is 13.2 Å². The average Bonchev–Trinajstić information content (AvgIpc) is 2.93. The Bertz CT molecular complexity index is 1510. The van der Waals surface area contributed by atoms with Crippen LogP contribution in [0.4, 0.5) is 18.9 Å². The highest BCUT2D eigenvalue weighted by Gasteiger charge is 2.35. The van der Waals surface area contributed by atoms with E-state index in [1.54, 1.807) is 31.2 Å². The van der Waals surface area contributed by atoms with Crippen molar-refractivity contribution in [3.8, 4) is 0 Å². The number of hydrogen-bond donors (Lipinski definition) is 1. The number of aryl methyl sites for hydroxylation is 2. The van der Waals surface area contributed by atoms with Gasteiger partial charge in [-0.05, 0) is 70.0 Å². The molecule has 0 heterocycles. The second-order valence-corrected chi connectivity index (χ2v) is 12.2. The van der Waals surface area contributed by atoms with Gasteiger partial charge in [-0.3, -0.25) is 13.9 Å². The van der Waals surface area contributed by atoms with Crippen molar-refractivity contribution in [1.82, 2.24) is 10.2 Å². The molecule has 0 bridgehead atoms. The maximum atomic E-state index is 13.9. The first-order chi connectivity index (χ1) is 19.6. The summed E-state index contributed by atoms with van der Waals surface area (Å²) < 4.78 is 69.2. The van der Waals surface area contributed by atoms with Crippen molar-refractivity contribution in [2.24, 2.45) is 0 Å². The Kier molecular flexibility index (Phi) is 10.4. The highest BCUT2D eigenvalue weighted by Crippen LogP contribution is 2.33. The predicted molar refractivity (Wildman–Crippen MR) is 156 cm³/mol. The third-order valence-electron chi connectivity index (χ3n) is 6.95. The van der Waals surface area contributed by atoms with E-state index in [1.165, 1.54) is 30.0 Å². The second kappa shape index (κ2) is 13.4. The molecule has 1 N–H and O–H groups in total. The van der Waals surface area contributed by atoms with E-state index in [0.29, 0.717) is 22.4 Å². The summed E-state index contributed by atoms with van der Waals surface area (Å²) in [4.78, 5) is 28.1. The van der Waals surface area contributed by atoms with Gasteiger partial charge in [0.05, 0.1) is 16.1 Å². The van der Waals surface area contributed by atoms with Gasteiger partial charge in [0.25, 0.3) is 10.0 Å². The van der Waals surface area contributed by atoms with Crippen LogP contribution in [0, 0.1) is 13.8 Å². The summed E-state index contributed by atoms with van der Waals surface area (Å²) in [5, 5.41) is 2.84. The van der Waals surface area contributed by atoms with Crippen molar-refractivity contribution in [3.63, 3.8) is 0 Å². The van der Waals surface area contributed by atoms with E-state index in [-0.39, 0.29) is 23.2 Å². The third kappa shape index (κ3) is 8.12. The van der Waals surface area contributed by atoms with E-state index in [9.17, 15) is 31.2 Å². The second-order valence-electron chi connectivity index (χ2n) is 10.4. The number of benzene rings is 3. The summed E-state index contributed by atoms with van der Waals surface area (Å²) in [5.74, 6) is -1.19. The molecular formula is C31H36F3N3O4S. The SMILES string of the molecule is CC[C@H](C)NC(=O)[C@@H](C)N(Cc1cccc(C)c1)C(=O)CN(c1cccc(C(F)(F)F)c1)S(=O)(=O)c1ccc(C)cc1. The number of amides is 2. The van der Waals surface area contributed by atoms with Crippen LogP contribution in [-0.2, 0) is 32.3 Å². The number of halogens is 3. The third-order valence-corrected chi connectivity index (χ3v) is 8.74. The van der Waals surface area contributed by atoms with Crippen LogP contribution in [0.5, 0.6) is 0 Å². The lowest BCUT2D eigenvalue weighted by Gasteiger charge is -2.32. The fourth-order valence-electron chi connectivity index (χ4n) is 4.26. The largest absolute Gasteiger partial charge is 0.416 e. The number of hydrogen-bond acceptors (Lipinski definition) is 4. The summed E-state index contributed by atoms with van der Waals surface area (Å²) in [5.41, 5.74) is 1.02. The Morgan fingerprint density at radius 1 is 0.905 bits per heavy atom. The van der Waals surface area contributed by atoms with Crippen LogP contribution in [-0.4, -0.2) is 43.8 Å². The molecule has 11 heteroatoms. The quantitative estimate of drug-likeness (QED) is 0.298. The number of nitrogens with one attached hydrogen (secondary N) is 1. The Morgan fingerprint density at radius 3 is 2.14 bits per heavy atom. The Balaban J connectivity index is 2.09. The average molecular weight is 604 g/mol. The first-order valence-corrected chi connectivity index (χ1v) is 15.0. The van der Waals surface area contributed by atoms with Crippen molar-refractivity contribution in [2.75, 3.05) is 10.8 Å². The van der Waals surface area contributed by atoms with Crippen LogP contribution >= 0.6 is 0 Å². The van der Waals surface area contributed by atoms with Gasteiger partial charge >= 0.3 is 6.18 Å². The number of carbonyl (C=O) groups excluding carboxylic acids is 2. The maximum absolute atomic E-state index is 13.9. The van der Waals surface area contributed by atoms with Crippen molar-refractivity contribution >= 4 is 27.5 Å². The van der Waals surface area contributed by atoms with Crippen molar-refractivity contribution in [3.05, 3.63) is 95.1 Å². The smallest absolute Gasteiger partial charge is 0.352 e. The molecule has 0 aromatic heterocycles. The lowest BCUT2D eigenvalue weighted by molar-refractivity contribution is -0.139. The fraction of sp³-hybridized carbons (Fsp3) is 0.355. The van der Waals surface area contributed by atoms with Gasteiger partial charge in [0.15, 0.2) is 0 Å². The van der Waals surface area contributed by atoms with Crippen LogP contribution in [0.3, 0.4) is 0 Å². The summed E-state index contributed by atoms with van der Waals surface area (Å²) in [6, 6.07) is 15.7. The minimum atomic E-state index is -4.74. The van der Waals surface area contributed by atoms with Crippen LogP contribution in [0.15, 0.2) is 77.7 Å². The number of nitrogens with zero attached hydrogens (tertiary/aromatic N) is 2. The molecule has 7 nitrogen and oxygen atoms in total. The minimum absolute atomic E-state index is 0.0172. The molecule has 2 atom stereocenters. The number of alkyl halides is 3. The summed E-state index contributed by atoms with van der Waals surface area (Å²) in [7, 11) is -4.49. The number of anilines is 1. The molecule has 0 spiro atoms. The van der Waals surface area contributed by atoms with Crippen molar-refractivity contribution < 1.29 is 31.2 Å². The minimum Gasteiger partial charge on any atom is -0.352 e. The Labute approximate surface area is 245 Å². The van der Waals surface area contributed by atoms with E-state index in [4.69, 9.17) is 0 Å². The van der Waals surface area contributed by atoms with Crippen molar-refractivity contribution in [2.45, 2.75) is 70.7 Å². The monoisotopic (exact) mass is 603 g/mol. The lowest BCUT2D eigenvalue weighted by atomic mass is 10.1. The molecular weight excluding hydrogens is 567 g/mol. The maximum Gasteiger partial charge on any atom is 0.416 e. The standard InChI is InChI=1S/C31H36F3N3O4S/c1-6-23(4)35-30(39)24(5)36(19-25-10-7-9-22(3)17-25)29(38)20-37(27-12-8-11-26(18-27)31(32,33)34)42(40,41)28-15-13-21(2)14-16-28/h7-18,23-24H,6,19-20H2,1-5H3,(H,35,39)/t23-,24+/m0/s1. The zero-order valence-electron chi connectivity index (χ0n) is 24.3. The normalized spacial score (nSPS) is 13.2. The summed E-state index contributed by atoms with van der Waals surface area (Å²) in [6.07, 6.45) is -4.08. The molecule has 3 rings (SSSR count). The molecule has 0 aliphatic rings. The Hall–Kier alpha value is -3.86. The number of sulfonamides is 1. The number of rotatable bonds is 11. The first-order valence-electron chi connectivity index (χ1n) is 13.6. The highest BCUT2D eigenvalue weighted by molar-refractivity contribution is 7.92. The van der Waals surface area contributed by atoms with Crippen LogP contribution in [0.1, 0.15) is 49.4 Å². The molecule has 2 amide bonds. The van der Waals surface area contributed by atoms with Crippen LogP contribution < -0.4 is 9.62 Å². The summed E-state index contributed by atoms with van der Waals surface area (Å²) in [6.45, 7) is 8.04. The zero-order chi connectivity index (χ0) is 31.2. The topological polar surface area (TPSA) is 86.8 Å². The molecule has 0 unspecified atom stereocenters. The van der Waals surface area contributed by atoms with E-state index in [0.717, 1.165) is 23.3 Å². The van der Waals surface area contributed by atoms with Gasteiger partial charge < -0.3 is 10.2 Å². The van der Waals surface area contributed by atoms with Gasteiger partial charge in [-0.1, -0.05) is 60.5 Å². The summed E-state index contributed by atoms with van der Waals surface area (Å²) >= 11 is 0. The molecule has 0 fully saturated rings. The van der Waals surface area contributed by atoms with Crippen LogP contribution in [0.2, 0.25) is 0 Å². The Morgan fingerprint density at radius 2 is 1.55 bits per heavy atom. The molecule has 0 aliphatic carbocycles. The first kappa shape index (κ1) is 32.7. The molecule has 3 aromatic rings. The molecule has 0 saturated carbocycles. The van der Waals surface area contributed by atoms with Gasteiger partial charge in [0.2, 0.25) is 11.8 Å². The predicted octanol–water partition coefficient (Wildman–Crippen LogP) is 5.85. The number of carbonyl (C=O) groups is 2. The zero-order valence-corrected chi connectivity index (χ0v) is 25.1. The molecule has 3 aromatic carbocycles. The van der Waals surface area contributed by atoms with E-state index in [2.05, 4.69) is 5.32 Å². The molecule has 0 saturated heterocycles. The van der Waals surface area contributed by atoms with Gasteiger partial charge in [0.1, 0.15) is 12.6 Å². The molecule has 0 radical (unpaired) electrons. The molecule has 226 valence electrons. The molecule has 0 aliphatic heterocycles. The van der Waals surface area contributed by atoms with E-state index in [1.807, 2.05) is 32.9 Å². The lowest BCUT2D eigenvalue weighted by Crippen LogP contribution is -2.52. The fourth-order valence-corrected chi connectivity index (χ4v) is 5.66. The van der Waals surface area contributed by atoms with Gasteiger partial charge in [-0.15, -0.1) is 0 Å². The van der Waals surface area contributed by atoms with E-state index < -0.39 is 46.2 Å². The highest BCUT2D eigenvalue weighted by atomic mass is 32.2.